The number of aromatic nitrogens is 2. The highest BCUT2D eigenvalue weighted by molar-refractivity contribution is 9.11. The molecule has 0 saturated heterocycles. The van der Waals surface area contributed by atoms with Crippen molar-refractivity contribution in [3.8, 4) is 0 Å². The Bertz CT molecular complexity index is 515. The minimum Gasteiger partial charge on any atom is -0.480 e. The number of aliphatic carboxylic acids is 1. The fourth-order valence-corrected chi connectivity index (χ4v) is 3.06. The van der Waals surface area contributed by atoms with Gasteiger partial charge in [-0.1, -0.05) is 0 Å². The van der Waals surface area contributed by atoms with Crippen LogP contribution in [-0.4, -0.2) is 25.9 Å². The molecule has 96 valence electrons. The number of rotatable bonds is 6. The highest BCUT2D eigenvalue weighted by Gasteiger charge is 2.18. The van der Waals surface area contributed by atoms with E-state index < -0.39 is 12.0 Å². The monoisotopic (exact) mass is 347 g/mol. The molecule has 0 aliphatic carbocycles. The summed E-state index contributed by atoms with van der Waals surface area (Å²) in [5.41, 5.74) is 1.76. The molecule has 0 aliphatic rings. The number of nitrogens with one attached hydrogen (secondary N) is 1. The van der Waals surface area contributed by atoms with Crippen LogP contribution in [0.15, 0.2) is 21.4 Å². The quantitative estimate of drug-likeness (QED) is 0.837. The number of carbonyl (C=O) groups is 1. The Labute approximate surface area is 120 Å². The lowest BCUT2D eigenvalue weighted by molar-refractivity contribution is -0.139. The van der Waals surface area contributed by atoms with Crippen molar-refractivity contribution in [3.63, 3.8) is 0 Å². The summed E-state index contributed by atoms with van der Waals surface area (Å²) in [7, 11) is 0. The number of halogens is 1. The molecule has 0 bridgehead atoms. The molecule has 2 N–H and O–H groups in total. The first-order valence-corrected chi connectivity index (χ1v) is 7.51. The van der Waals surface area contributed by atoms with Crippen LogP contribution in [0.1, 0.15) is 11.3 Å². The summed E-state index contributed by atoms with van der Waals surface area (Å²) in [6, 6.07) is 1.33. The van der Waals surface area contributed by atoms with Crippen LogP contribution in [-0.2, 0) is 17.8 Å². The van der Waals surface area contributed by atoms with Gasteiger partial charge in [0.15, 0.2) is 0 Å². The Morgan fingerprint density at radius 1 is 1.61 bits per heavy atom. The molecular weight excluding hydrogens is 338 g/mol. The van der Waals surface area contributed by atoms with E-state index >= 15 is 0 Å². The van der Waals surface area contributed by atoms with E-state index in [0.717, 1.165) is 21.1 Å². The largest absolute Gasteiger partial charge is 0.480 e. The summed E-state index contributed by atoms with van der Waals surface area (Å²) in [6.07, 6.45) is 1.95. The second-order valence-corrected chi connectivity index (χ2v) is 6.48. The van der Waals surface area contributed by atoms with Crippen molar-refractivity contribution in [2.45, 2.75) is 19.0 Å². The maximum atomic E-state index is 11.1. The highest BCUT2D eigenvalue weighted by atomic mass is 79.9. The normalized spacial score (nSPS) is 12.5. The first-order chi connectivity index (χ1) is 8.65. The van der Waals surface area contributed by atoms with Gasteiger partial charge < -0.3 is 5.11 Å². The molecule has 0 radical (unpaired) electrons. The third kappa shape index (κ3) is 3.84. The van der Waals surface area contributed by atoms with E-state index in [9.17, 15) is 4.79 Å². The first kappa shape index (κ1) is 13.6. The predicted octanol–water partition coefficient (Wildman–Crippen LogP) is 2.15. The summed E-state index contributed by atoms with van der Waals surface area (Å²) in [6.45, 7) is 0.524. The third-order valence-electron chi connectivity index (χ3n) is 2.29. The van der Waals surface area contributed by atoms with Gasteiger partial charge in [0.1, 0.15) is 6.04 Å². The SMILES string of the molecule is O=C(O)C(Cc1cnsn1)NCc1csc(Br)c1. The fraction of sp³-hybridized carbons (Fsp3) is 0.300. The maximum absolute atomic E-state index is 11.1. The van der Waals surface area contributed by atoms with Crippen molar-refractivity contribution in [3.05, 3.63) is 32.7 Å². The van der Waals surface area contributed by atoms with E-state index in [2.05, 4.69) is 30.0 Å². The van der Waals surface area contributed by atoms with Crippen molar-refractivity contribution in [2.75, 3.05) is 0 Å². The van der Waals surface area contributed by atoms with Crippen LogP contribution in [0, 0.1) is 0 Å². The molecule has 0 aliphatic heterocycles. The minimum atomic E-state index is -0.878. The lowest BCUT2D eigenvalue weighted by atomic mass is 10.1. The fourth-order valence-electron chi connectivity index (χ4n) is 1.41. The first-order valence-electron chi connectivity index (χ1n) is 5.10. The molecule has 0 spiro atoms. The zero-order chi connectivity index (χ0) is 13.0. The van der Waals surface area contributed by atoms with E-state index in [1.165, 1.54) is 0 Å². The van der Waals surface area contributed by atoms with Crippen molar-refractivity contribution in [2.24, 2.45) is 0 Å². The number of hydrogen-bond donors (Lipinski definition) is 2. The van der Waals surface area contributed by atoms with Gasteiger partial charge in [-0.05, 0) is 32.9 Å². The van der Waals surface area contributed by atoms with Gasteiger partial charge in [0.2, 0.25) is 0 Å². The number of thiophene rings is 1. The molecule has 2 aromatic rings. The van der Waals surface area contributed by atoms with E-state index in [4.69, 9.17) is 5.11 Å². The van der Waals surface area contributed by atoms with Crippen molar-refractivity contribution in [1.29, 1.82) is 0 Å². The minimum absolute atomic E-state index is 0.344. The molecule has 0 saturated carbocycles. The number of nitrogens with zero attached hydrogens (tertiary/aromatic N) is 2. The van der Waals surface area contributed by atoms with Crippen LogP contribution in [0.3, 0.4) is 0 Å². The number of carboxylic acids is 1. The topological polar surface area (TPSA) is 75.1 Å². The van der Waals surface area contributed by atoms with Crippen LogP contribution in [0.2, 0.25) is 0 Å². The molecule has 2 aromatic heterocycles. The average Bonchev–Trinajstić information content (AvgIpc) is 2.95. The molecule has 5 nitrogen and oxygen atoms in total. The van der Waals surface area contributed by atoms with Gasteiger partial charge in [-0.2, -0.15) is 8.75 Å². The summed E-state index contributed by atoms with van der Waals surface area (Å²) in [5.74, 6) is -0.878. The Kier molecular flexibility index (Phi) is 4.81. The lowest BCUT2D eigenvalue weighted by Crippen LogP contribution is -2.38. The summed E-state index contributed by atoms with van der Waals surface area (Å²) in [5, 5.41) is 14.1. The zero-order valence-corrected chi connectivity index (χ0v) is 12.4. The smallest absolute Gasteiger partial charge is 0.321 e. The van der Waals surface area contributed by atoms with Gasteiger partial charge in [0, 0.05) is 13.0 Å². The molecule has 0 aromatic carbocycles. The molecule has 8 heteroatoms. The Morgan fingerprint density at radius 2 is 2.44 bits per heavy atom. The molecule has 2 rings (SSSR count). The summed E-state index contributed by atoms with van der Waals surface area (Å²) >= 11 is 6.04. The van der Waals surface area contributed by atoms with Gasteiger partial charge in [0.25, 0.3) is 0 Å². The van der Waals surface area contributed by atoms with Crippen LogP contribution in [0.4, 0.5) is 0 Å². The zero-order valence-electron chi connectivity index (χ0n) is 9.17. The molecule has 2 heterocycles. The second kappa shape index (κ2) is 6.37. The molecule has 1 atom stereocenters. The standard InChI is InChI=1S/C10H10BrN3O2S2/c11-9-1-6(5-17-9)3-12-8(10(15)16)2-7-4-13-18-14-7/h1,4-5,8,12H,2-3H2,(H,15,16). The molecule has 1 unspecified atom stereocenters. The third-order valence-corrected chi connectivity index (χ3v) is 4.36. The number of carboxylic acid groups (broad SMARTS) is 1. The van der Waals surface area contributed by atoms with E-state index in [1.54, 1.807) is 17.5 Å². The van der Waals surface area contributed by atoms with Crippen LogP contribution in [0.25, 0.3) is 0 Å². The summed E-state index contributed by atoms with van der Waals surface area (Å²) < 4.78 is 8.92. The number of hydrogen-bond acceptors (Lipinski definition) is 6. The Balaban J connectivity index is 1.92. The molecule has 0 fully saturated rings. The van der Waals surface area contributed by atoms with Crippen LogP contribution >= 0.6 is 39.0 Å². The highest BCUT2D eigenvalue weighted by Crippen LogP contribution is 2.20. The predicted molar refractivity (Wildman–Crippen MR) is 73.9 cm³/mol. The Hall–Kier alpha value is -0.830. The van der Waals surface area contributed by atoms with Crippen molar-refractivity contribution in [1.82, 2.24) is 14.1 Å². The summed E-state index contributed by atoms with van der Waals surface area (Å²) in [4.78, 5) is 11.1. The van der Waals surface area contributed by atoms with Gasteiger partial charge in [-0.3, -0.25) is 10.1 Å². The average molecular weight is 348 g/mol. The molecule has 18 heavy (non-hydrogen) atoms. The molecule has 0 amide bonds. The van der Waals surface area contributed by atoms with E-state index in [1.807, 2.05) is 11.4 Å². The lowest BCUT2D eigenvalue weighted by Gasteiger charge is -2.12. The van der Waals surface area contributed by atoms with Crippen molar-refractivity contribution < 1.29 is 9.90 Å². The van der Waals surface area contributed by atoms with Gasteiger partial charge in [-0.15, -0.1) is 11.3 Å². The Morgan fingerprint density at radius 3 is 3.00 bits per heavy atom. The van der Waals surface area contributed by atoms with E-state index in [-0.39, 0.29) is 0 Å². The maximum Gasteiger partial charge on any atom is 0.321 e. The van der Waals surface area contributed by atoms with Gasteiger partial charge >= 0.3 is 5.97 Å². The molecular formula is C10H10BrN3O2S2. The van der Waals surface area contributed by atoms with Gasteiger partial charge in [-0.25, -0.2) is 0 Å². The van der Waals surface area contributed by atoms with Crippen LogP contribution in [0.5, 0.6) is 0 Å². The second-order valence-electron chi connectivity index (χ2n) is 3.63. The van der Waals surface area contributed by atoms with Crippen LogP contribution < -0.4 is 5.32 Å². The van der Waals surface area contributed by atoms with E-state index in [0.29, 0.717) is 18.7 Å². The van der Waals surface area contributed by atoms with Crippen molar-refractivity contribution >= 4 is 45.0 Å². The van der Waals surface area contributed by atoms with Gasteiger partial charge in [0.05, 0.1) is 27.4 Å².